The molecule has 0 atom stereocenters. The highest BCUT2D eigenvalue weighted by Crippen LogP contribution is 2.27. The maximum atomic E-state index is 5.57. The number of hydrogen-bond acceptors (Lipinski definition) is 3. The van der Waals surface area contributed by atoms with Crippen molar-refractivity contribution in [3.63, 3.8) is 0 Å². The minimum atomic E-state index is 0. The summed E-state index contributed by atoms with van der Waals surface area (Å²) in [5.74, 6) is 0. The molecule has 0 fully saturated rings. The molecule has 0 bridgehead atoms. The molecule has 1 aromatic heterocycles. The molecule has 1 aliphatic rings. The predicted molar refractivity (Wildman–Crippen MR) is 63.8 cm³/mol. The Labute approximate surface area is 97.1 Å². The predicted octanol–water partition coefficient (Wildman–Crippen LogP) is 2.76. The minimum Gasteiger partial charge on any atom is -0.375 e. The van der Waals surface area contributed by atoms with Crippen molar-refractivity contribution in [2.24, 2.45) is 0 Å². The molecule has 0 spiro atoms. The van der Waals surface area contributed by atoms with Gasteiger partial charge in [0.25, 0.3) is 0 Å². The molecule has 12 heavy (non-hydrogen) atoms. The molecular weight excluding hydrogens is 304 g/mol. The van der Waals surface area contributed by atoms with Gasteiger partial charge in [-0.05, 0) is 25.7 Å². The van der Waals surface area contributed by atoms with E-state index in [-0.39, 0.29) is 34.0 Å². The molecule has 0 aliphatic heterocycles. The fourth-order valence-electron chi connectivity index (χ4n) is 1.37. The molecule has 1 aliphatic carbocycles. The lowest BCUT2D eigenvalue weighted by Gasteiger charge is -2.06. The second-order valence-electron chi connectivity index (χ2n) is 2.63. The van der Waals surface area contributed by atoms with Gasteiger partial charge >= 0.3 is 0 Å². The van der Waals surface area contributed by atoms with Gasteiger partial charge in [0.1, 0.15) is 0 Å². The molecule has 0 radical (unpaired) electrons. The van der Waals surface area contributed by atoms with Crippen molar-refractivity contribution in [2.45, 2.75) is 25.7 Å². The van der Waals surface area contributed by atoms with Crippen LogP contribution >= 0.6 is 45.3 Å². The summed E-state index contributed by atoms with van der Waals surface area (Å²) in [5.41, 5.74) is 6.82. The van der Waals surface area contributed by atoms with Crippen molar-refractivity contribution in [1.82, 2.24) is 4.98 Å². The van der Waals surface area contributed by atoms with Crippen molar-refractivity contribution in [2.75, 3.05) is 5.73 Å². The quantitative estimate of drug-likeness (QED) is 0.799. The van der Waals surface area contributed by atoms with Crippen LogP contribution in [0.2, 0.25) is 0 Å². The first-order valence-corrected chi connectivity index (χ1v) is 4.42. The van der Waals surface area contributed by atoms with Gasteiger partial charge in [-0.3, -0.25) is 0 Å². The van der Waals surface area contributed by atoms with E-state index in [1.54, 1.807) is 11.3 Å². The summed E-state index contributed by atoms with van der Waals surface area (Å²) in [4.78, 5) is 5.67. The molecule has 0 saturated heterocycles. The summed E-state index contributed by atoms with van der Waals surface area (Å²) in [5, 5.41) is 0.743. The average molecular weight is 316 g/mol. The molecule has 2 nitrogen and oxygen atoms in total. The smallest absolute Gasteiger partial charge is 0.180 e. The fourth-order valence-corrected chi connectivity index (χ4v) is 2.29. The number of aromatic nitrogens is 1. The first-order chi connectivity index (χ1) is 4.86. The summed E-state index contributed by atoms with van der Waals surface area (Å²) in [6.45, 7) is 0. The van der Waals surface area contributed by atoms with Gasteiger partial charge < -0.3 is 5.73 Å². The van der Waals surface area contributed by atoms with Gasteiger partial charge in [-0.15, -0.1) is 45.3 Å². The lowest BCUT2D eigenvalue weighted by molar-refractivity contribution is 0.683. The lowest BCUT2D eigenvalue weighted by atomic mass is 10.0. The van der Waals surface area contributed by atoms with Crippen molar-refractivity contribution >= 4 is 50.4 Å². The van der Waals surface area contributed by atoms with Crippen LogP contribution < -0.4 is 5.73 Å². The third-order valence-electron chi connectivity index (χ3n) is 1.86. The number of anilines is 1. The number of nitrogens with zero attached hydrogens (tertiary/aromatic N) is 1. The zero-order valence-corrected chi connectivity index (χ0v) is 10.8. The van der Waals surface area contributed by atoms with Crippen LogP contribution in [-0.2, 0) is 12.8 Å². The van der Waals surface area contributed by atoms with E-state index in [4.69, 9.17) is 5.73 Å². The standard InChI is InChI=1S/C7H10N2S.2BrH/c8-7-9-5-3-1-2-4-6(5)10-7;;/h1-4H2,(H2,8,9);2*1H. The van der Waals surface area contributed by atoms with Gasteiger partial charge in [0.15, 0.2) is 5.13 Å². The normalized spacial score (nSPS) is 14.0. The van der Waals surface area contributed by atoms with E-state index in [9.17, 15) is 0 Å². The fraction of sp³-hybridized carbons (Fsp3) is 0.571. The summed E-state index contributed by atoms with van der Waals surface area (Å²) >= 11 is 1.66. The Morgan fingerprint density at radius 1 is 1.17 bits per heavy atom. The number of nitrogen functional groups attached to an aromatic ring is 1. The Bertz CT molecular complexity index is 226. The van der Waals surface area contributed by atoms with Crippen molar-refractivity contribution in [3.8, 4) is 0 Å². The maximum Gasteiger partial charge on any atom is 0.180 e. The second kappa shape index (κ2) is 5.19. The SMILES string of the molecule is Br.Br.Nc1nc2c(s1)CCCC2. The van der Waals surface area contributed by atoms with Crippen LogP contribution in [-0.4, -0.2) is 4.98 Å². The molecule has 2 rings (SSSR count). The number of thiazole rings is 1. The molecule has 5 heteroatoms. The highest BCUT2D eigenvalue weighted by molar-refractivity contribution is 8.93. The van der Waals surface area contributed by atoms with Gasteiger partial charge in [-0.2, -0.15) is 0 Å². The van der Waals surface area contributed by atoms with Crippen LogP contribution in [0.25, 0.3) is 0 Å². The molecule has 1 heterocycles. The zero-order valence-electron chi connectivity index (χ0n) is 6.58. The van der Waals surface area contributed by atoms with E-state index >= 15 is 0 Å². The zero-order chi connectivity index (χ0) is 6.97. The van der Waals surface area contributed by atoms with Crippen LogP contribution in [0, 0.1) is 0 Å². The van der Waals surface area contributed by atoms with Crippen LogP contribution in [0.4, 0.5) is 5.13 Å². The van der Waals surface area contributed by atoms with Gasteiger partial charge in [0.05, 0.1) is 5.69 Å². The topological polar surface area (TPSA) is 38.9 Å². The van der Waals surface area contributed by atoms with E-state index < -0.39 is 0 Å². The number of fused-ring (bicyclic) bond motifs is 1. The van der Waals surface area contributed by atoms with E-state index in [0.29, 0.717) is 0 Å². The maximum absolute atomic E-state index is 5.57. The summed E-state index contributed by atoms with van der Waals surface area (Å²) in [6.07, 6.45) is 4.94. The molecule has 2 N–H and O–H groups in total. The first kappa shape index (κ1) is 12.4. The molecule has 70 valence electrons. The highest BCUT2D eigenvalue weighted by Gasteiger charge is 2.12. The monoisotopic (exact) mass is 314 g/mol. The van der Waals surface area contributed by atoms with Crippen LogP contribution in [0.15, 0.2) is 0 Å². The van der Waals surface area contributed by atoms with E-state index in [2.05, 4.69) is 4.98 Å². The van der Waals surface area contributed by atoms with Crippen molar-refractivity contribution in [1.29, 1.82) is 0 Å². The summed E-state index contributed by atoms with van der Waals surface area (Å²) in [6, 6.07) is 0. The first-order valence-electron chi connectivity index (χ1n) is 3.60. The largest absolute Gasteiger partial charge is 0.375 e. The highest BCUT2D eigenvalue weighted by atomic mass is 79.9. The number of rotatable bonds is 0. The van der Waals surface area contributed by atoms with Gasteiger partial charge in [0, 0.05) is 4.88 Å². The molecule has 0 saturated carbocycles. The van der Waals surface area contributed by atoms with Crippen molar-refractivity contribution < 1.29 is 0 Å². The Morgan fingerprint density at radius 2 is 1.83 bits per heavy atom. The minimum absolute atomic E-state index is 0. The number of aryl methyl sites for hydroxylation is 2. The van der Waals surface area contributed by atoms with Gasteiger partial charge in [0.2, 0.25) is 0 Å². The van der Waals surface area contributed by atoms with E-state index in [1.165, 1.54) is 29.8 Å². The van der Waals surface area contributed by atoms with E-state index in [1.807, 2.05) is 0 Å². The molecule has 1 aromatic rings. The summed E-state index contributed by atoms with van der Waals surface area (Å²) in [7, 11) is 0. The van der Waals surface area contributed by atoms with Crippen LogP contribution in [0.1, 0.15) is 23.4 Å². The number of nitrogens with two attached hydrogens (primary N) is 1. The Kier molecular flexibility index (Phi) is 5.36. The molecule has 0 aromatic carbocycles. The van der Waals surface area contributed by atoms with Gasteiger partial charge in [-0.25, -0.2) is 4.98 Å². The molecule has 0 amide bonds. The van der Waals surface area contributed by atoms with Crippen LogP contribution in [0.5, 0.6) is 0 Å². The Balaban J connectivity index is 0.000000605. The third-order valence-corrected chi connectivity index (χ3v) is 2.85. The number of halogens is 2. The average Bonchev–Trinajstić information content (AvgIpc) is 2.27. The lowest BCUT2D eigenvalue weighted by Crippen LogP contribution is -1.99. The Hall–Kier alpha value is 0.390. The molecule has 0 unspecified atom stereocenters. The Morgan fingerprint density at radius 3 is 2.50 bits per heavy atom. The third kappa shape index (κ3) is 2.44. The van der Waals surface area contributed by atoms with E-state index in [0.717, 1.165) is 11.6 Å². The summed E-state index contributed by atoms with van der Waals surface area (Å²) < 4.78 is 0. The van der Waals surface area contributed by atoms with Crippen molar-refractivity contribution in [3.05, 3.63) is 10.6 Å². The second-order valence-corrected chi connectivity index (χ2v) is 3.74. The van der Waals surface area contributed by atoms with Gasteiger partial charge in [-0.1, -0.05) is 0 Å². The van der Waals surface area contributed by atoms with Crippen LogP contribution in [0.3, 0.4) is 0 Å². The number of hydrogen-bond donors (Lipinski definition) is 1. The molecular formula is C7H12Br2N2S.